The zero-order valence-electron chi connectivity index (χ0n) is 16.7. The lowest BCUT2D eigenvalue weighted by molar-refractivity contribution is 0.0650. The summed E-state index contributed by atoms with van der Waals surface area (Å²) >= 11 is 0. The SMILES string of the molecule is O=C1c2ccccc2C(=O)N1CCCCN1CCC(Nc2ccc(F)c(F)c2)CC1. The maximum atomic E-state index is 13.3. The van der Waals surface area contributed by atoms with E-state index in [0.29, 0.717) is 23.4 Å². The van der Waals surface area contributed by atoms with Gasteiger partial charge in [0, 0.05) is 37.4 Å². The maximum absolute atomic E-state index is 13.3. The van der Waals surface area contributed by atoms with E-state index in [-0.39, 0.29) is 17.9 Å². The second-order valence-corrected chi connectivity index (χ2v) is 7.90. The summed E-state index contributed by atoms with van der Waals surface area (Å²) < 4.78 is 26.4. The van der Waals surface area contributed by atoms with E-state index >= 15 is 0 Å². The minimum Gasteiger partial charge on any atom is -0.382 e. The van der Waals surface area contributed by atoms with Crippen LogP contribution in [0.1, 0.15) is 46.4 Å². The third kappa shape index (κ3) is 4.36. The molecule has 0 bridgehead atoms. The minimum atomic E-state index is -0.838. The van der Waals surface area contributed by atoms with E-state index in [1.165, 1.54) is 11.0 Å². The summed E-state index contributed by atoms with van der Waals surface area (Å²) in [5.74, 6) is -2.06. The van der Waals surface area contributed by atoms with Crippen LogP contribution in [0, 0.1) is 11.6 Å². The van der Waals surface area contributed by atoms with E-state index < -0.39 is 11.6 Å². The molecule has 0 spiro atoms. The molecule has 0 unspecified atom stereocenters. The largest absolute Gasteiger partial charge is 0.382 e. The number of fused-ring (bicyclic) bond motifs is 1. The highest BCUT2D eigenvalue weighted by atomic mass is 19.2. The number of carbonyl (C=O) groups is 2. The van der Waals surface area contributed by atoms with Crippen LogP contribution < -0.4 is 5.32 Å². The molecule has 1 N–H and O–H groups in total. The van der Waals surface area contributed by atoms with Crippen molar-refractivity contribution >= 4 is 17.5 Å². The number of halogens is 2. The molecule has 4 rings (SSSR count). The zero-order valence-corrected chi connectivity index (χ0v) is 16.7. The van der Waals surface area contributed by atoms with Crippen LogP contribution in [0.3, 0.4) is 0 Å². The van der Waals surface area contributed by atoms with Crippen molar-refractivity contribution in [2.24, 2.45) is 0 Å². The topological polar surface area (TPSA) is 52.7 Å². The Kier molecular flexibility index (Phi) is 6.08. The summed E-state index contributed by atoms with van der Waals surface area (Å²) in [5.41, 5.74) is 1.60. The molecule has 2 aliphatic rings. The number of imide groups is 1. The fraction of sp³-hybridized carbons (Fsp3) is 0.391. The van der Waals surface area contributed by atoms with Crippen molar-refractivity contribution in [1.29, 1.82) is 0 Å². The van der Waals surface area contributed by atoms with Gasteiger partial charge in [0.25, 0.3) is 11.8 Å². The van der Waals surface area contributed by atoms with Crippen molar-refractivity contribution in [1.82, 2.24) is 9.80 Å². The molecule has 5 nitrogen and oxygen atoms in total. The summed E-state index contributed by atoms with van der Waals surface area (Å²) in [4.78, 5) is 28.5. The Hall–Kier alpha value is -2.80. The number of nitrogens with one attached hydrogen (secondary N) is 1. The number of benzene rings is 2. The average Bonchev–Trinajstić information content (AvgIpc) is 3.00. The monoisotopic (exact) mass is 413 g/mol. The Morgan fingerprint density at radius 2 is 1.50 bits per heavy atom. The van der Waals surface area contributed by atoms with Crippen LogP contribution in [-0.4, -0.2) is 53.8 Å². The van der Waals surface area contributed by atoms with Gasteiger partial charge in [0.2, 0.25) is 0 Å². The first-order valence-corrected chi connectivity index (χ1v) is 10.4. The second-order valence-electron chi connectivity index (χ2n) is 7.90. The number of likely N-dealkylation sites (tertiary alicyclic amines) is 1. The summed E-state index contributed by atoms with van der Waals surface area (Å²) in [5, 5.41) is 3.28. The third-order valence-corrected chi connectivity index (χ3v) is 5.86. The molecular weight excluding hydrogens is 388 g/mol. The average molecular weight is 413 g/mol. The van der Waals surface area contributed by atoms with E-state index in [9.17, 15) is 18.4 Å². The Bertz CT molecular complexity index is 907. The molecule has 158 valence electrons. The van der Waals surface area contributed by atoms with E-state index in [1.807, 2.05) is 0 Å². The van der Waals surface area contributed by atoms with Crippen molar-refractivity contribution in [3.63, 3.8) is 0 Å². The third-order valence-electron chi connectivity index (χ3n) is 5.86. The van der Waals surface area contributed by atoms with Gasteiger partial charge in [-0.1, -0.05) is 12.1 Å². The number of anilines is 1. The molecule has 0 aliphatic carbocycles. The number of rotatable bonds is 7. The van der Waals surface area contributed by atoms with Gasteiger partial charge < -0.3 is 10.2 Å². The predicted octanol–water partition coefficient (Wildman–Crippen LogP) is 3.92. The van der Waals surface area contributed by atoms with Crippen LogP contribution in [0.2, 0.25) is 0 Å². The molecule has 0 atom stereocenters. The summed E-state index contributed by atoms with van der Waals surface area (Å²) in [6.07, 6.45) is 3.54. The highest BCUT2D eigenvalue weighted by Gasteiger charge is 2.34. The van der Waals surface area contributed by atoms with Crippen molar-refractivity contribution in [3.05, 3.63) is 65.2 Å². The molecule has 7 heteroatoms. The Morgan fingerprint density at radius 1 is 0.867 bits per heavy atom. The van der Waals surface area contributed by atoms with Crippen LogP contribution >= 0.6 is 0 Å². The van der Waals surface area contributed by atoms with Gasteiger partial charge in [-0.05, 0) is 56.5 Å². The molecule has 0 aromatic heterocycles. The number of nitrogens with zero attached hydrogens (tertiary/aromatic N) is 2. The molecular formula is C23H25F2N3O2. The molecule has 2 aliphatic heterocycles. The smallest absolute Gasteiger partial charge is 0.261 e. The predicted molar refractivity (Wildman–Crippen MR) is 110 cm³/mol. The van der Waals surface area contributed by atoms with E-state index in [1.54, 1.807) is 30.3 Å². The van der Waals surface area contributed by atoms with Gasteiger partial charge in [0.05, 0.1) is 11.1 Å². The van der Waals surface area contributed by atoms with Gasteiger partial charge >= 0.3 is 0 Å². The fourth-order valence-corrected chi connectivity index (χ4v) is 4.17. The lowest BCUT2D eigenvalue weighted by atomic mass is 10.0. The van der Waals surface area contributed by atoms with Gasteiger partial charge in [-0.25, -0.2) is 8.78 Å². The Balaban J connectivity index is 1.17. The first-order valence-electron chi connectivity index (χ1n) is 10.4. The second kappa shape index (κ2) is 8.92. The highest BCUT2D eigenvalue weighted by molar-refractivity contribution is 6.21. The standard InChI is InChI=1S/C23H25F2N3O2/c24-20-8-7-17(15-21(20)25)26-16-9-13-27(14-10-16)11-3-4-12-28-22(29)18-5-1-2-6-19(18)23(28)30/h1-2,5-8,15-16,26H,3-4,9-14H2. The van der Waals surface area contributed by atoms with Crippen LogP contribution in [0.4, 0.5) is 14.5 Å². The number of carbonyl (C=O) groups excluding carboxylic acids is 2. The first-order chi connectivity index (χ1) is 14.5. The summed E-state index contributed by atoms with van der Waals surface area (Å²) in [6.45, 7) is 3.21. The van der Waals surface area contributed by atoms with Crippen LogP contribution in [0.25, 0.3) is 0 Å². The van der Waals surface area contributed by atoms with Gasteiger partial charge in [-0.2, -0.15) is 0 Å². The van der Waals surface area contributed by atoms with Crippen LogP contribution in [0.15, 0.2) is 42.5 Å². The molecule has 2 amide bonds. The van der Waals surface area contributed by atoms with Crippen molar-refractivity contribution in [2.45, 2.75) is 31.7 Å². The van der Waals surface area contributed by atoms with E-state index in [2.05, 4.69) is 10.2 Å². The molecule has 30 heavy (non-hydrogen) atoms. The normalized spacial score (nSPS) is 17.5. The fourth-order valence-electron chi connectivity index (χ4n) is 4.17. The van der Waals surface area contributed by atoms with Crippen LogP contribution in [0.5, 0.6) is 0 Å². The van der Waals surface area contributed by atoms with Gasteiger partial charge in [0.1, 0.15) is 0 Å². The van der Waals surface area contributed by atoms with Crippen LogP contribution in [-0.2, 0) is 0 Å². The Labute approximate surface area is 174 Å². The lowest BCUT2D eigenvalue weighted by Gasteiger charge is -2.33. The molecule has 0 radical (unpaired) electrons. The Morgan fingerprint density at radius 3 is 2.13 bits per heavy atom. The molecule has 1 fully saturated rings. The summed E-state index contributed by atoms with van der Waals surface area (Å²) in [7, 11) is 0. The molecule has 2 aromatic carbocycles. The number of hydrogen-bond donors (Lipinski definition) is 1. The van der Waals surface area contributed by atoms with Crippen molar-refractivity contribution < 1.29 is 18.4 Å². The van der Waals surface area contributed by atoms with Gasteiger partial charge in [0.15, 0.2) is 11.6 Å². The van der Waals surface area contributed by atoms with Gasteiger partial charge in [-0.15, -0.1) is 0 Å². The number of unbranched alkanes of at least 4 members (excludes halogenated alkanes) is 1. The highest BCUT2D eigenvalue weighted by Crippen LogP contribution is 2.23. The molecule has 2 heterocycles. The number of hydrogen-bond acceptors (Lipinski definition) is 4. The van der Waals surface area contributed by atoms with E-state index in [4.69, 9.17) is 0 Å². The van der Waals surface area contributed by atoms with Gasteiger partial charge in [-0.3, -0.25) is 14.5 Å². The zero-order chi connectivity index (χ0) is 21.1. The molecule has 2 aromatic rings. The minimum absolute atomic E-state index is 0.195. The first kappa shape index (κ1) is 20.5. The molecule has 1 saturated heterocycles. The van der Waals surface area contributed by atoms with E-state index in [0.717, 1.165) is 51.4 Å². The lowest BCUT2D eigenvalue weighted by Crippen LogP contribution is -2.39. The molecule has 0 saturated carbocycles. The maximum Gasteiger partial charge on any atom is 0.261 e. The summed E-state index contributed by atoms with van der Waals surface area (Å²) in [6, 6.07) is 11.1. The quantitative estimate of drug-likeness (QED) is 0.552. The number of piperidine rings is 1. The van der Waals surface area contributed by atoms with Crippen molar-refractivity contribution in [2.75, 3.05) is 31.5 Å². The number of amides is 2. The van der Waals surface area contributed by atoms with Crippen molar-refractivity contribution in [3.8, 4) is 0 Å².